The summed E-state index contributed by atoms with van der Waals surface area (Å²) in [5, 5.41) is 5.98. The summed E-state index contributed by atoms with van der Waals surface area (Å²) in [4.78, 5) is 24.3. The van der Waals surface area contributed by atoms with Crippen molar-refractivity contribution in [2.24, 2.45) is 5.41 Å². The Labute approximate surface area is 130 Å². The summed E-state index contributed by atoms with van der Waals surface area (Å²) in [6.07, 6.45) is 6.95. The van der Waals surface area contributed by atoms with Gasteiger partial charge in [0.05, 0.1) is 17.1 Å². The first-order valence-corrected chi connectivity index (χ1v) is 8.38. The summed E-state index contributed by atoms with van der Waals surface area (Å²) in [7, 11) is 1.76. The number of methoxy groups -OCH3 is 1. The zero-order valence-electron chi connectivity index (χ0n) is 13.0. The van der Waals surface area contributed by atoms with Crippen LogP contribution in [-0.2, 0) is 14.3 Å². The van der Waals surface area contributed by atoms with E-state index in [1.54, 1.807) is 7.11 Å². The molecule has 3 atom stereocenters. The fourth-order valence-corrected chi connectivity index (χ4v) is 5.03. The maximum atomic E-state index is 12.9. The van der Waals surface area contributed by atoms with Gasteiger partial charge in [-0.15, -0.1) is 0 Å². The quantitative estimate of drug-likeness (QED) is 0.828. The molecule has 0 radical (unpaired) electrons. The maximum Gasteiger partial charge on any atom is 0.407 e. The van der Waals surface area contributed by atoms with E-state index in [0.29, 0.717) is 0 Å². The molecule has 6 heteroatoms. The SMILES string of the molecule is COC12CCCCC(C(=O)N[C@@H]3C[C@@H]4C[C@H]3OC(=O)N4)(C1)C2. The van der Waals surface area contributed by atoms with Gasteiger partial charge in [-0.3, -0.25) is 4.79 Å². The zero-order valence-corrected chi connectivity index (χ0v) is 13.0. The van der Waals surface area contributed by atoms with Crippen molar-refractivity contribution in [1.29, 1.82) is 0 Å². The fourth-order valence-electron chi connectivity index (χ4n) is 5.03. The van der Waals surface area contributed by atoms with Crippen LogP contribution in [0.3, 0.4) is 0 Å². The minimum Gasteiger partial charge on any atom is -0.444 e. The maximum absolute atomic E-state index is 12.9. The van der Waals surface area contributed by atoms with Gasteiger partial charge >= 0.3 is 6.09 Å². The molecule has 1 saturated heterocycles. The van der Waals surface area contributed by atoms with Crippen molar-refractivity contribution in [2.75, 3.05) is 7.11 Å². The normalized spacial score (nSPS) is 46.0. The van der Waals surface area contributed by atoms with E-state index in [1.807, 2.05) is 0 Å². The minimum atomic E-state index is -0.354. The van der Waals surface area contributed by atoms with Crippen LogP contribution >= 0.6 is 0 Å². The second-order valence-corrected chi connectivity index (χ2v) is 7.56. The molecule has 4 bridgehead atoms. The van der Waals surface area contributed by atoms with Crippen molar-refractivity contribution >= 4 is 12.0 Å². The second-order valence-electron chi connectivity index (χ2n) is 7.56. The van der Waals surface area contributed by atoms with Gasteiger partial charge in [0.15, 0.2) is 0 Å². The molecule has 0 spiro atoms. The molecule has 5 aliphatic rings. The molecular weight excluding hydrogens is 284 g/mol. The van der Waals surface area contributed by atoms with E-state index >= 15 is 0 Å². The average Bonchev–Trinajstić information content (AvgIpc) is 2.64. The van der Waals surface area contributed by atoms with Gasteiger partial charge in [-0.2, -0.15) is 0 Å². The van der Waals surface area contributed by atoms with Gasteiger partial charge in [0, 0.05) is 19.6 Å². The highest BCUT2D eigenvalue weighted by Gasteiger charge is 2.60. The highest BCUT2D eigenvalue weighted by Crippen LogP contribution is 2.58. The Bertz CT molecular complexity index is 500. The fraction of sp³-hybridized carbons (Fsp3) is 0.875. The van der Waals surface area contributed by atoms with Gasteiger partial charge in [-0.25, -0.2) is 4.79 Å². The largest absolute Gasteiger partial charge is 0.444 e. The van der Waals surface area contributed by atoms with Crippen LogP contribution in [0.25, 0.3) is 0 Å². The van der Waals surface area contributed by atoms with E-state index < -0.39 is 0 Å². The first-order valence-electron chi connectivity index (χ1n) is 8.38. The number of fused-ring (bicyclic) bond motifs is 5. The molecule has 2 amide bonds. The molecule has 1 heterocycles. The van der Waals surface area contributed by atoms with Gasteiger partial charge in [0.2, 0.25) is 5.91 Å². The first-order chi connectivity index (χ1) is 10.5. The highest BCUT2D eigenvalue weighted by molar-refractivity contribution is 5.84. The summed E-state index contributed by atoms with van der Waals surface area (Å²) in [6, 6.07) is 0.0919. The van der Waals surface area contributed by atoms with E-state index in [-0.39, 0.29) is 41.2 Å². The third-order valence-corrected chi connectivity index (χ3v) is 6.17. The van der Waals surface area contributed by atoms with Crippen molar-refractivity contribution in [3.05, 3.63) is 0 Å². The van der Waals surface area contributed by atoms with Crippen LogP contribution in [0.4, 0.5) is 4.79 Å². The van der Waals surface area contributed by atoms with E-state index in [4.69, 9.17) is 9.47 Å². The molecule has 4 saturated carbocycles. The summed E-state index contributed by atoms with van der Waals surface area (Å²) in [6.45, 7) is 0. The van der Waals surface area contributed by atoms with Crippen LogP contribution in [0.5, 0.6) is 0 Å². The first kappa shape index (κ1) is 14.3. The average molecular weight is 308 g/mol. The molecule has 22 heavy (non-hydrogen) atoms. The van der Waals surface area contributed by atoms with Gasteiger partial charge in [0.1, 0.15) is 6.10 Å². The Kier molecular flexibility index (Phi) is 3.15. The number of carbonyl (C=O) groups excluding carboxylic acids is 2. The lowest BCUT2D eigenvalue weighted by Crippen LogP contribution is -2.60. The third-order valence-electron chi connectivity index (χ3n) is 6.17. The van der Waals surface area contributed by atoms with Gasteiger partial charge in [0.25, 0.3) is 0 Å². The molecule has 6 nitrogen and oxygen atoms in total. The molecule has 2 N–H and O–H groups in total. The molecule has 5 fully saturated rings. The van der Waals surface area contributed by atoms with Crippen LogP contribution in [0.15, 0.2) is 0 Å². The van der Waals surface area contributed by atoms with Crippen molar-refractivity contribution in [2.45, 2.75) is 75.2 Å². The molecule has 122 valence electrons. The molecule has 0 aromatic rings. The zero-order chi connectivity index (χ0) is 15.4. The van der Waals surface area contributed by atoms with Crippen LogP contribution in [-0.4, -0.2) is 42.9 Å². The Morgan fingerprint density at radius 2 is 2.09 bits per heavy atom. The standard InChI is InChI=1S/C16H24N2O4/c1-21-16-5-3-2-4-15(8-16,9-16)13(19)18-11-6-10-7-12(11)22-14(20)17-10/h10-12H,2-9H2,1H3,(H,17,20)(H,18,19)/t10-,11-,12-,15?,16?/m1/s1. The van der Waals surface area contributed by atoms with Crippen LogP contribution in [0, 0.1) is 5.41 Å². The number of hydrogen-bond donors (Lipinski definition) is 2. The van der Waals surface area contributed by atoms with Crippen molar-refractivity contribution in [3.8, 4) is 0 Å². The Morgan fingerprint density at radius 3 is 2.86 bits per heavy atom. The van der Waals surface area contributed by atoms with E-state index in [1.165, 1.54) is 0 Å². The molecule has 4 aliphatic carbocycles. The smallest absolute Gasteiger partial charge is 0.407 e. The van der Waals surface area contributed by atoms with Crippen molar-refractivity contribution < 1.29 is 19.1 Å². The van der Waals surface area contributed by atoms with Crippen LogP contribution in [0.1, 0.15) is 51.4 Å². The Balaban J connectivity index is 1.44. The Hall–Kier alpha value is -1.30. The van der Waals surface area contributed by atoms with E-state index in [0.717, 1.165) is 51.4 Å². The highest BCUT2D eigenvalue weighted by atomic mass is 16.6. The van der Waals surface area contributed by atoms with Crippen molar-refractivity contribution in [1.82, 2.24) is 10.6 Å². The van der Waals surface area contributed by atoms with E-state index in [2.05, 4.69) is 10.6 Å². The number of amides is 2. The molecule has 0 aromatic heterocycles. The third kappa shape index (κ3) is 2.11. The summed E-state index contributed by atoms with van der Waals surface area (Å²) < 4.78 is 11.0. The predicted molar refractivity (Wildman–Crippen MR) is 78.2 cm³/mol. The summed E-state index contributed by atoms with van der Waals surface area (Å²) in [5.41, 5.74) is -0.339. The topological polar surface area (TPSA) is 76.7 Å². The molecule has 1 aliphatic heterocycles. The lowest BCUT2D eigenvalue weighted by molar-refractivity contribution is -0.172. The lowest BCUT2D eigenvalue weighted by Gasteiger charge is -2.53. The van der Waals surface area contributed by atoms with Crippen LogP contribution < -0.4 is 10.6 Å². The number of carbonyl (C=O) groups is 2. The minimum absolute atomic E-state index is 0.0494. The van der Waals surface area contributed by atoms with Crippen LogP contribution in [0.2, 0.25) is 0 Å². The monoisotopic (exact) mass is 308 g/mol. The summed E-state index contributed by atoms with van der Waals surface area (Å²) >= 11 is 0. The summed E-state index contributed by atoms with van der Waals surface area (Å²) in [5.74, 6) is 0.135. The molecule has 0 unspecified atom stereocenters. The number of alkyl carbamates (subject to hydrolysis) is 1. The van der Waals surface area contributed by atoms with Crippen molar-refractivity contribution in [3.63, 3.8) is 0 Å². The predicted octanol–water partition coefficient (Wildman–Crippen LogP) is 1.48. The number of hydrogen-bond acceptors (Lipinski definition) is 4. The Morgan fingerprint density at radius 1 is 1.32 bits per heavy atom. The second kappa shape index (κ2) is 4.85. The molecular formula is C16H24N2O4. The molecule has 5 rings (SSSR count). The van der Waals surface area contributed by atoms with Gasteiger partial charge < -0.3 is 20.1 Å². The molecule has 0 aromatic carbocycles. The van der Waals surface area contributed by atoms with E-state index in [9.17, 15) is 9.59 Å². The number of ether oxygens (including phenoxy) is 2. The number of nitrogens with one attached hydrogen (secondary N) is 2. The number of rotatable bonds is 3. The van der Waals surface area contributed by atoms with Gasteiger partial charge in [-0.05, 0) is 32.1 Å². The van der Waals surface area contributed by atoms with Gasteiger partial charge in [-0.1, -0.05) is 12.8 Å². The lowest BCUT2D eigenvalue weighted by atomic mass is 9.57.